The average Bonchev–Trinajstić information content (AvgIpc) is 2.48. The summed E-state index contributed by atoms with van der Waals surface area (Å²) in [6.45, 7) is 0.578. The first kappa shape index (κ1) is 15.0. The lowest BCUT2D eigenvalue weighted by Gasteiger charge is -2.18. The summed E-state index contributed by atoms with van der Waals surface area (Å²) in [7, 11) is 1.85. The SMILES string of the molecule is CN(CCO)c1ccc(NC(C#N)=C(C#N)C#N)cc1. The van der Waals surface area contributed by atoms with Crippen LogP contribution in [0.2, 0.25) is 0 Å². The van der Waals surface area contributed by atoms with E-state index in [9.17, 15) is 0 Å². The largest absolute Gasteiger partial charge is 0.395 e. The Morgan fingerprint density at radius 3 is 2.20 bits per heavy atom. The van der Waals surface area contributed by atoms with E-state index in [1.54, 1.807) is 30.3 Å². The minimum absolute atomic E-state index is 0.0610. The number of hydrogen-bond donors (Lipinski definition) is 2. The second kappa shape index (κ2) is 7.43. The van der Waals surface area contributed by atoms with E-state index in [-0.39, 0.29) is 17.9 Å². The standard InChI is InChI=1S/C14H13N5O/c1-19(6-7-20)13-4-2-12(3-5-13)18-14(10-17)11(8-15)9-16/h2-5,18,20H,6-7H2,1H3. The molecule has 0 spiro atoms. The van der Waals surface area contributed by atoms with Crippen LogP contribution >= 0.6 is 0 Å². The molecule has 0 fully saturated rings. The van der Waals surface area contributed by atoms with Crippen molar-refractivity contribution in [3.63, 3.8) is 0 Å². The van der Waals surface area contributed by atoms with Gasteiger partial charge in [-0.1, -0.05) is 0 Å². The average molecular weight is 267 g/mol. The minimum Gasteiger partial charge on any atom is -0.395 e. The molecule has 1 aromatic carbocycles. The minimum atomic E-state index is -0.256. The zero-order chi connectivity index (χ0) is 15.0. The van der Waals surface area contributed by atoms with Crippen LogP contribution in [-0.4, -0.2) is 25.3 Å². The summed E-state index contributed by atoms with van der Waals surface area (Å²) in [4.78, 5) is 1.88. The lowest BCUT2D eigenvalue weighted by molar-refractivity contribution is 0.304. The van der Waals surface area contributed by atoms with Crippen molar-refractivity contribution in [3.05, 3.63) is 35.5 Å². The summed E-state index contributed by atoms with van der Waals surface area (Å²) in [5.41, 5.74) is 1.18. The number of allylic oxidation sites excluding steroid dienone is 2. The van der Waals surface area contributed by atoms with Crippen molar-refractivity contribution >= 4 is 11.4 Å². The molecule has 0 aromatic heterocycles. The van der Waals surface area contributed by atoms with Gasteiger partial charge in [-0.2, -0.15) is 15.8 Å². The molecule has 0 aliphatic rings. The highest BCUT2D eigenvalue weighted by molar-refractivity contribution is 5.61. The van der Waals surface area contributed by atoms with Crippen LogP contribution in [0.5, 0.6) is 0 Å². The first-order valence-electron chi connectivity index (χ1n) is 5.80. The third-order valence-corrected chi connectivity index (χ3v) is 2.60. The predicted molar refractivity (Wildman–Crippen MR) is 74.3 cm³/mol. The highest BCUT2D eigenvalue weighted by atomic mass is 16.3. The van der Waals surface area contributed by atoms with Crippen LogP contribution in [0, 0.1) is 34.0 Å². The number of rotatable bonds is 5. The Morgan fingerprint density at radius 2 is 1.75 bits per heavy atom. The molecular formula is C14H13N5O. The van der Waals surface area contributed by atoms with Crippen molar-refractivity contribution in [1.29, 1.82) is 15.8 Å². The number of nitrogens with zero attached hydrogens (tertiary/aromatic N) is 4. The van der Waals surface area contributed by atoms with Crippen LogP contribution in [0.3, 0.4) is 0 Å². The van der Waals surface area contributed by atoms with Gasteiger partial charge in [0, 0.05) is 25.0 Å². The Morgan fingerprint density at radius 1 is 1.15 bits per heavy atom. The van der Waals surface area contributed by atoms with Gasteiger partial charge in [0.2, 0.25) is 0 Å². The summed E-state index contributed by atoms with van der Waals surface area (Å²) in [5, 5.41) is 38.0. The van der Waals surface area contributed by atoms with Gasteiger partial charge in [0.15, 0.2) is 5.57 Å². The predicted octanol–water partition coefficient (Wildman–Crippen LogP) is 1.35. The number of nitriles is 3. The van der Waals surface area contributed by atoms with Crippen LogP contribution in [0.25, 0.3) is 0 Å². The van der Waals surface area contributed by atoms with E-state index in [1.807, 2.05) is 24.1 Å². The molecule has 0 saturated carbocycles. The van der Waals surface area contributed by atoms with Crippen molar-refractivity contribution in [2.24, 2.45) is 0 Å². The number of aliphatic hydroxyl groups excluding tert-OH is 1. The Labute approximate surface area is 117 Å². The fourth-order valence-electron chi connectivity index (χ4n) is 1.51. The third-order valence-electron chi connectivity index (χ3n) is 2.60. The van der Waals surface area contributed by atoms with Crippen LogP contribution < -0.4 is 10.2 Å². The number of anilines is 2. The highest BCUT2D eigenvalue weighted by Crippen LogP contribution is 2.18. The molecule has 2 N–H and O–H groups in total. The van der Waals surface area contributed by atoms with Gasteiger partial charge in [0.05, 0.1) is 6.61 Å². The van der Waals surface area contributed by atoms with E-state index in [0.29, 0.717) is 12.2 Å². The third kappa shape index (κ3) is 3.74. The smallest absolute Gasteiger partial charge is 0.163 e. The fourth-order valence-corrected chi connectivity index (χ4v) is 1.51. The molecule has 100 valence electrons. The van der Waals surface area contributed by atoms with Crippen molar-refractivity contribution < 1.29 is 5.11 Å². The second-order valence-corrected chi connectivity index (χ2v) is 3.90. The first-order valence-corrected chi connectivity index (χ1v) is 5.80. The maximum Gasteiger partial charge on any atom is 0.163 e. The molecule has 0 aliphatic heterocycles. The van der Waals surface area contributed by atoms with E-state index >= 15 is 0 Å². The Balaban J connectivity index is 2.92. The molecular weight excluding hydrogens is 254 g/mol. The van der Waals surface area contributed by atoms with E-state index in [0.717, 1.165) is 5.69 Å². The van der Waals surface area contributed by atoms with E-state index in [4.69, 9.17) is 20.9 Å². The van der Waals surface area contributed by atoms with Gasteiger partial charge in [-0.15, -0.1) is 0 Å². The van der Waals surface area contributed by atoms with Gasteiger partial charge >= 0.3 is 0 Å². The van der Waals surface area contributed by atoms with Gasteiger partial charge in [0.1, 0.15) is 23.9 Å². The van der Waals surface area contributed by atoms with Gasteiger partial charge in [0.25, 0.3) is 0 Å². The van der Waals surface area contributed by atoms with Crippen molar-refractivity contribution in [3.8, 4) is 18.2 Å². The summed E-state index contributed by atoms with van der Waals surface area (Å²) in [5.74, 6) is 0. The highest BCUT2D eigenvalue weighted by Gasteiger charge is 2.06. The molecule has 0 aliphatic carbocycles. The van der Waals surface area contributed by atoms with Crippen LogP contribution in [0.1, 0.15) is 0 Å². The lowest BCUT2D eigenvalue weighted by Crippen LogP contribution is -2.20. The first-order chi connectivity index (χ1) is 9.65. The van der Waals surface area contributed by atoms with Crippen molar-refractivity contribution in [1.82, 2.24) is 0 Å². The summed E-state index contributed by atoms with van der Waals surface area (Å²) < 4.78 is 0. The van der Waals surface area contributed by atoms with Gasteiger partial charge in [-0.3, -0.25) is 0 Å². The number of benzene rings is 1. The lowest BCUT2D eigenvalue weighted by atomic mass is 10.2. The molecule has 20 heavy (non-hydrogen) atoms. The van der Waals surface area contributed by atoms with Crippen LogP contribution in [0.4, 0.5) is 11.4 Å². The van der Waals surface area contributed by atoms with Crippen LogP contribution in [-0.2, 0) is 0 Å². The van der Waals surface area contributed by atoms with Gasteiger partial charge in [-0.05, 0) is 24.3 Å². The van der Waals surface area contributed by atoms with E-state index < -0.39 is 0 Å². The Hall–Kier alpha value is -3.01. The fraction of sp³-hybridized carbons (Fsp3) is 0.214. The summed E-state index contributed by atoms with van der Waals surface area (Å²) in [6, 6.07) is 12.2. The number of hydrogen-bond acceptors (Lipinski definition) is 6. The molecule has 6 nitrogen and oxygen atoms in total. The zero-order valence-electron chi connectivity index (χ0n) is 11.0. The molecule has 0 amide bonds. The van der Waals surface area contributed by atoms with Gasteiger partial charge in [-0.25, -0.2) is 0 Å². The molecule has 6 heteroatoms. The monoisotopic (exact) mass is 267 g/mol. The zero-order valence-corrected chi connectivity index (χ0v) is 11.0. The molecule has 0 heterocycles. The number of nitrogens with one attached hydrogen (secondary N) is 1. The van der Waals surface area contributed by atoms with E-state index in [2.05, 4.69) is 5.32 Å². The maximum absolute atomic E-state index is 8.92. The number of aliphatic hydroxyl groups is 1. The molecule has 1 rings (SSSR count). The van der Waals surface area contributed by atoms with E-state index in [1.165, 1.54) is 0 Å². The summed E-state index contributed by atoms with van der Waals surface area (Å²) in [6.07, 6.45) is 0. The normalized spacial score (nSPS) is 8.75. The number of likely N-dealkylation sites (N-methyl/N-ethyl adjacent to an activating group) is 1. The second-order valence-electron chi connectivity index (χ2n) is 3.90. The molecule has 0 unspecified atom stereocenters. The molecule has 0 atom stereocenters. The van der Waals surface area contributed by atoms with Gasteiger partial charge < -0.3 is 15.3 Å². The Bertz CT molecular complexity index is 597. The molecule has 1 aromatic rings. The summed E-state index contributed by atoms with van der Waals surface area (Å²) >= 11 is 0. The maximum atomic E-state index is 8.92. The Kier molecular flexibility index (Phi) is 5.59. The molecule has 0 bridgehead atoms. The quantitative estimate of drug-likeness (QED) is 0.780. The van der Waals surface area contributed by atoms with Crippen LogP contribution in [0.15, 0.2) is 35.5 Å². The topological polar surface area (TPSA) is 107 Å². The van der Waals surface area contributed by atoms with Crippen molar-refractivity contribution in [2.45, 2.75) is 0 Å². The molecule has 0 saturated heterocycles. The molecule has 0 radical (unpaired) electrons. The van der Waals surface area contributed by atoms with Crippen molar-refractivity contribution in [2.75, 3.05) is 30.4 Å².